The number of hydrogen-bond acceptors (Lipinski definition) is 5. The molecule has 0 bridgehead atoms. The Hall–Kier alpha value is -3.91. The van der Waals surface area contributed by atoms with Crippen molar-refractivity contribution in [2.45, 2.75) is 13.8 Å². The minimum Gasteiger partial charge on any atom is -0.457 e. The molecule has 0 atom stereocenters. The number of benzene rings is 3. The number of nitrogens with zero attached hydrogens (tertiary/aromatic N) is 1. The van der Waals surface area contributed by atoms with Gasteiger partial charge in [0.1, 0.15) is 17.0 Å². The summed E-state index contributed by atoms with van der Waals surface area (Å²) in [4.78, 5) is 17.0. The molecule has 6 nitrogen and oxygen atoms in total. The fourth-order valence-electron chi connectivity index (χ4n) is 3.79. The Balaban J connectivity index is 1.22. The van der Waals surface area contributed by atoms with Gasteiger partial charge in [0.25, 0.3) is 0 Å². The Bertz CT molecular complexity index is 1680. The highest BCUT2D eigenvalue weighted by Crippen LogP contribution is 2.34. The lowest BCUT2D eigenvalue weighted by Crippen LogP contribution is -2.32. The fourth-order valence-corrected chi connectivity index (χ4v) is 4.40. The molecule has 0 unspecified atom stereocenters. The van der Waals surface area contributed by atoms with E-state index >= 15 is 0 Å². The van der Waals surface area contributed by atoms with Gasteiger partial charge in [-0.1, -0.05) is 35.3 Å². The molecular weight excluding hydrogens is 541 g/mol. The summed E-state index contributed by atoms with van der Waals surface area (Å²) in [5.74, 6) is 1.10. The van der Waals surface area contributed by atoms with E-state index in [0.29, 0.717) is 38.7 Å². The summed E-state index contributed by atoms with van der Waals surface area (Å²) < 4.78 is 11.7. The fraction of sp³-hybridized carbons (Fsp3) is 0.0690. The molecule has 0 aliphatic rings. The maximum atomic E-state index is 12.4. The Labute approximate surface area is 234 Å². The van der Waals surface area contributed by atoms with Crippen LogP contribution in [0, 0.1) is 13.8 Å². The molecule has 0 fully saturated rings. The summed E-state index contributed by atoms with van der Waals surface area (Å²) >= 11 is 17.7. The summed E-state index contributed by atoms with van der Waals surface area (Å²) in [5.41, 5.74) is 5.96. The van der Waals surface area contributed by atoms with Crippen LogP contribution in [0.5, 0.6) is 0 Å². The van der Waals surface area contributed by atoms with E-state index in [-0.39, 0.29) is 5.11 Å². The van der Waals surface area contributed by atoms with Gasteiger partial charge in [-0.3, -0.25) is 10.1 Å². The number of amides is 1. The maximum absolute atomic E-state index is 12.4. The highest BCUT2D eigenvalue weighted by atomic mass is 35.5. The molecule has 0 aliphatic heterocycles. The molecule has 1 amide bonds. The molecule has 0 radical (unpaired) electrons. The van der Waals surface area contributed by atoms with Crippen LogP contribution in [0.25, 0.3) is 40.0 Å². The first-order valence-electron chi connectivity index (χ1n) is 11.6. The lowest BCUT2D eigenvalue weighted by atomic mass is 10.1. The smallest absolute Gasteiger partial charge is 0.250 e. The van der Waals surface area contributed by atoms with Crippen LogP contribution < -0.4 is 10.6 Å². The maximum Gasteiger partial charge on any atom is 0.250 e. The Kier molecular flexibility index (Phi) is 7.33. The lowest BCUT2D eigenvalue weighted by molar-refractivity contribution is -0.115. The molecule has 0 aliphatic carbocycles. The third-order valence-corrected chi connectivity index (χ3v) is 6.87. The number of oxazole rings is 1. The van der Waals surface area contributed by atoms with Gasteiger partial charge in [-0.05, 0) is 97.9 Å². The van der Waals surface area contributed by atoms with Gasteiger partial charge >= 0.3 is 0 Å². The van der Waals surface area contributed by atoms with Crippen LogP contribution in [0.4, 0.5) is 5.69 Å². The molecule has 0 saturated carbocycles. The van der Waals surface area contributed by atoms with Crippen molar-refractivity contribution in [3.8, 4) is 22.8 Å². The number of fused-ring (bicyclic) bond motifs is 1. The quantitative estimate of drug-likeness (QED) is 0.166. The second-order valence-corrected chi connectivity index (χ2v) is 9.78. The van der Waals surface area contributed by atoms with Gasteiger partial charge in [0.15, 0.2) is 10.7 Å². The topological polar surface area (TPSA) is 80.3 Å². The number of nitrogens with one attached hydrogen (secondary N) is 2. The highest BCUT2D eigenvalue weighted by molar-refractivity contribution is 7.80. The van der Waals surface area contributed by atoms with Crippen molar-refractivity contribution < 1.29 is 13.6 Å². The first kappa shape index (κ1) is 25.7. The minimum absolute atomic E-state index is 0.145. The van der Waals surface area contributed by atoms with E-state index in [1.807, 2.05) is 50.2 Å². The summed E-state index contributed by atoms with van der Waals surface area (Å²) in [7, 11) is 0. The predicted molar refractivity (Wildman–Crippen MR) is 156 cm³/mol. The average molecular weight is 562 g/mol. The molecule has 9 heteroatoms. The number of halogens is 2. The number of aromatic nitrogens is 1. The molecule has 0 spiro atoms. The molecule has 190 valence electrons. The molecule has 5 rings (SSSR count). The Morgan fingerprint density at radius 3 is 2.61 bits per heavy atom. The van der Waals surface area contributed by atoms with Crippen molar-refractivity contribution in [1.29, 1.82) is 0 Å². The van der Waals surface area contributed by atoms with E-state index in [1.165, 1.54) is 12.2 Å². The van der Waals surface area contributed by atoms with E-state index in [9.17, 15) is 4.79 Å². The van der Waals surface area contributed by atoms with Gasteiger partial charge in [0, 0.05) is 22.9 Å². The summed E-state index contributed by atoms with van der Waals surface area (Å²) in [6.45, 7) is 4.08. The van der Waals surface area contributed by atoms with Crippen LogP contribution in [0.15, 0.2) is 81.6 Å². The zero-order valence-corrected chi connectivity index (χ0v) is 22.7. The molecule has 5 aromatic rings. The summed E-state index contributed by atoms with van der Waals surface area (Å²) in [6, 6.07) is 20.2. The normalized spacial score (nSPS) is 11.3. The number of carbonyl (C=O) groups is 1. The van der Waals surface area contributed by atoms with Crippen molar-refractivity contribution >= 4 is 69.3 Å². The Morgan fingerprint density at radius 1 is 0.974 bits per heavy atom. The number of thiocarbonyl (C=S) groups is 1. The van der Waals surface area contributed by atoms with E-state index in [2.05, 4.69) is 15.6 Å². The SMILES string of the molecule is Cc1cc2nc(-c3cccc(NC(=S)NC(=O)C=Cc4ccc(-c5cccc(Cl)c5Cl)o4)c3)oc2cc1C. The van der Waals surface area contributed by atoms with Crippen molar-refractivity contribution in [2.24, 2.45) is 0 Å². The van der Waals surface area contributed by atoms with Crippen LogP contribution in [-0.2, 0) is 4.79 Å². The lowest BCUT2D eigenvalue weighted by Gasteiger charge is -2.08. The molecule has 38 heavy (non-hydrogen) atoms. The number of furan rings is 1. The van der Waals surface area contributed by atoms with Crippen molar-refractivity contribution in [1.82, 2.24) is 10.3 Å². The number of hydrogen-bond donors (Lipinski definition) is 2. The predicted octanol–water partition coefficient (Wildman–Crippen LogP) is 8.20. The van der Waals surface area contributed by atoms with Crippen LogP contribution in [0.2, 0.25) is 10.0 Å². The standard InChI is InChI=1S/C29H21Cl2N3O3S/c1-16-13-23-25(14-17(16)2)37-28(33-23)18-5-3-6-19(15-18)32-29(38)34-26(35)12-10-20-9-11-24(36-20)21-7-4-8-22(30)27(21)31/h3-15H,1-2H3,(H2,32,34,35,38). The Morgan fingerprint density at radius 2 is 1.76 bits per heavy atom. The van der Waals surface area contributed by atoms with Gasteiger partial charge in [0.2, 0.25) is 11.8 Å². The molecule has 2 aromatic heterocycles. The number of anilines is 1. The van der Waals surface area contributed by atoms with Gasteiger partial charge in [-0.25, -0.2) is 4.98 Å². The zero-order chi connectivity index (χ0) is 26.8. The highest BCUT2D eigenvalue weighted by Gasteiger charge is 2.12. The van der Waals surface area contributed by atoms with E-state index in [4.69, 9.17) is 44.3 Å². The second-order valence-electron chi connectivity index (χ2n) is 8.58. The third-order valence-electron chi connectivity index (χ3n) is 5.85. The van der Waals surface area contributed by atoms with Crippen LogP contribution in [0.1, 0.15) is 16.9 Å². The largest absolute Gasteiger partial charge is 0.457 e. The van der Waals surface area contributed by atoms with Crippen molar-refractivity contribution in [2.75, 3.05) is 5.32 Å². The summed E-state index contributed by atoms with van der Waals surface area (Å²) in [5, 5.41) is 6.62. The van der Waals surface area contributed by atoms with Gasteiger partial charge < -0.3 is 14.2 Å². The first-order chi connectivity index (χ1) is 18.3. The van der Waals surface area contributed by atoms with Crippen molar-refractivity contribution in [3.05, 3.63) is 99.7 Å². The molecule has 2 N–H and O–H groups in total. The van der Waals surface area contributed by atoms with E-state index in [0.717, 1.165) is 27.8 Å². The minimum atomic E-state index is -0.415. The van der Waals surface area contributed by atoms with Gasteiger partial charge in [-0.15, -0.1) is 0 Å². The van der Waals surface area contributed by atoms with Crippen LogP contribution >= 0.6 is 35.4 Å². The average Bonchev–Trinajstić information content (AvgIpc) is 3.52. The van der Waals surface area contributed by atoms with Crippen LogP contribution in [-0.4, -0.2) is 16.0 Å². The van der Waals surface area contributed by atoms with Gasteiger partial charge in [-0.2, -0.15) is 0 Å². The molecular formula is C29H21Cl2N3O3S. The zero-order valence-electron chi connectivity index (χ0n) is 20.3. The summed E-state index contributed by atoms with van der Waals surface area (Å²) in [6.07, 6.45) is 2.87. The molecule has 2 heterocycles. The van der Waals surface area contributed by atoms with E-state index in [1.54, 1.807) is 30.3 Å². The molecule has 0 saturated heterocycles. The first-order valence-corrected chi connectivity index (χ1v) is 12.8. The second kappa shape index (κ2) is 10.8. The third kappa shape index (κ3) is 5.65. The van der Waals surface area contributed by atoms with Crippen molar-refractivity contribution in [3.63, 3.8) is 0 Å². The molecule has 3 aromatic carbocycles. The van der Waals surface area contributed by atoms with E-state index < -0.39 is 5.91 Å². The monoisotopic (exact) mass is 561 g/mol. The number of rotatable bonds is 5. The number of carbonyl (C=O) groups excluding carboxylic acids is 1. The van der Waals surface area contributed by atoms with Crippen LogP contribution in [0.3, 0.4) is 0 Å². The van der Waals surface area contributed by atoms with Gasteiger partial charge in [0.05, 0.1) is 10.0 Å². The number of aryl methyl sites for hydroxylation is 2.